The van der Waals surface area contributed by atoms with Gasteiger partial charge in [0.1, 0.15) is 11.2 Å². The Morgan fingerprint density at radius 1 is 0.846 bits per heavy atom. The van der Waals surface area contributed by atoms with Crippen LogP contribution in [0.5, 0.6) is 5.75 Å². The van der Waals surface area contributed by atoms with E-state index >= 15 is 0 Å². The van der Waals surface area contributed by atoms with Crippen LogP contribution in [-0.4, -0.2) is 18.7 Å². The Bertz CT molecular complexity index is 1060. The number of ether oxygens (including phenoxy) is 1. The summed E-state index contributed by atoms with van der Waals surface area (Å²) < 4.78 is 5.16. The van der Waals surface area contributed by atoms with Crippen molar-refractivity contribution in [2.75, 3.05) is 7.11 Å². The second kappa shape index (κ2) is 5.95. The van der Waals surface area contributed by atoms with Gasteiger partial charge in [-0.15, -0.1) is 0 Å². The third-order valence-corrected chi connectivity index (χ3v) is 5.19. The molecule has 26 heavy (non-hydrogen) atoms. The second-order valence-corrected chi connectivity index (χ2v) is 6.67. The predicted octanol–water partition coefficient (Wildman–Crippen LogP) is 4.34. The largest absolute Gasteiger partial charge is 0.497 e. The smallest absolute Gasteiger partial charge is 0.181 e. The van der Waals surface area contributed by atoms with E-state index in [1.54, 1.807) is 26.2 Å². The number of benzene rings is 3. The quantitative estimate of drug-likeness (QED) is 0.665. The topological polar surface area (TPSA) is 43.4 Å². The molecule has 0 saturated carbocycles. The minimum absolute atomic E-state index is 0.164. The van der Waals surface area contributed by atoms with Crippen LogP contribution in [0.4, 0.5) is 0 Å². The van der Waals surface area contributed by atoms with Gasteiger partial charge in [0.25, 0.3) is 0 Å². The number of methoxy groups -OCH3 is 1. The molecule has 3 aromatic carbocycles. The first kappa shape index (κ1) is 16.3. The van der Waals surface area contributed by atoms with Gasteiger partial charge in [-0.05, 0) is 53.1 Å². The summed E-state index contributed by atoms with van der Waals surface area (Å²) in [5.74, 6) is 0.370. The lowest BCUT2D eigenvalue weighted by molar-refractivity contribution is -0.127. The van der Waals surface area contributed by atoms with Crippen LogP contribution >= 0.6 is 0 Å². The molecule has 0 amide bonds. The number of carbonyl (C=O) groups is 2. The molecule has 0 spiro atoms. The normalized spacial score (nSPS) is 19.7. The lowest BCUT2D eigenvalue weighted by Crippen LogP contribution is -2.35. The van der Waals surface area contributed by atoms with Crippen molar-refractivity contribution in [1.29, 1.82) is 0 Å². The van der Waals surface area contributed by atoms with Crippen molar-refractivity contribution in [2.24, 2.45) is 0 Å². The summed E-state index contributed by atoms with van der Waals surface area (Å²) in [5, 5.41) is 2.10. The van der Waals surface area contributed by atoms with E-state index in [2.05, 4.69) is 0 Å². The van der Waals surface area contributed by atoms with E-state index in [-0.39, 0.29) is 11.6 Å². The number of Topliss-reactive ketones (excluding diaryl/α,β-unsaturated/α-hetero) is 1. The highest BCUT2D eigenvalue weighted by Gasteiger charge is 2.47. The summed E-state index contributed by atoms with van der Waals surface area (Å²) in [6.07, 6.45) is 1.47. The zero-order valence-electron chi connectivity index (χ0n) is 14.7. The molecule has 1 aliphatic carbocycles. The SMILES string of the molecule is COc1ccc(C2=CC(=O)C(C)(c3ccc4ccccc4c3)C2=O)cc1. The number of rotatable bonds is 3. The first-order valence-corrected chi connectivity index (χ1v) is 8.48. The van der Waals surface area contributed by atoms with Crippen LogP contribution in [0.1, 0.15) is 18.1 Å². The molecule has 1 aliphatic rings. The number of ketones is 2. The summed E-state index contributed by atoms with van der Waals surface area (Å²) in [5.41, 5.74) is 0.729. The minimum Gasteiger partial charge on any atom is -0.497 e. The van der Waals surface area contributed by atoms with Crippen LogP contribution < -0.4 is 4.74 Å². The van der Waals surface area contributed by atoms with Gasteiger partial charge in [-0.3, -0.25) is 9.59 Å². The first-order valence-electron chi connectivity index (χ1n) is 8.48. The van der Waals surface area contributed by atoms with E-state index in [9.17, 15) is 9.59 Å². The number of fused-ring (bicyclic) bond motifs is 1. The zero-order chi connectivity index (χ0) is 18.3. The van der Waals surface area contributed by atoms with E-state index in [1.165, 1.54) is 6.08 Å². The maximum atomic E-state index is 13.2. The maximum absolute atomic E-state index is 13.2. The Labute approximate surface area is 151 Å². The second-order valence-electron chi connectivity index (χ2n) is 6.67. The van der Waals surface area contributed by atoms with Gasteiger partial charge in [-0.1, -0.05) is 48.5 Å². The fraction of sp³-hybridized carbons (Fsp3) is 0.130. The summed E-state index contributed by atoms with van der Waals surface area (Å²) >= 11 is 0. The van der Waals surface area contributed by atoms with Crippen molar-refractivity contribution in [2.45, 2.75) is 12.3 Å². The van der Waals surface area contributed by atoms with Crippen molar-refractivity contribution in [3.63, 3.8) is 0 Å². The van der Waals surface area contributed by atoms with Gasteiger partial charge in [0, 0.05) is 5.57 Å². The van der Waals surface area contributed by atoms with E-state index in [0.29, 0.717) is 11.3 Å². The maximum Gasteiger partial charge on any atom is 0.181 e. The third-order valence-electron chi connectivity index (χ3n) is 5.19. The standard InChI is InChI=1S/C23H18O3/c1-23(18-10-7-15-5-3-4-6-17(15)13-18)21(24)14-20(22(23)25)16-8-11-19(26-2)12-9-16/h3-14H,1-2H3. The number of carbonyl (C=O) groups excluding carboxylic acids is 2. The third kappa shape index (κ3) is 2.36. The first-order chi connectivity index (χ1) is 12.5. The van der Waals surface area contributed by atoms with Crippen molar-refractivity contribution in [3.8, 4) is 5.75 Å². The van der Waals surface area contributed by atoms with E-state index in [4.69, 9.17) is 4.74 Å². The molecule has 1 atom stereocenters. The monoisotopic (exact) mass is 342 g/mol. The molecular weight excluding hydrogens is 324 g/mol. The molecule has 0 saturated heterocycles. The van der Waals surface area contributed by atoms with Crippen molar-refractivity contribution in [3.05, 3.63) is 83.9 Å². The molecule has 0 fully saturated rings. The predicted molar refractivity (Wildman–Crippen MR) is 102 cm³/mol. The molecule has 128 valence electrons. The van der Waals surface area contributed by atoms with Gasteiger partial charge in [-0.25, -0.2) is 0 Å². The van der Waals surface area contributed by atoms with Crippen LogP contribution in [-0.2, 0) is 15.0 Å². The molecule has 1 unspecified atom stereocenters. The fourth-order valence-electron chi connectivity index (χ4n) is 3.48. The number of hydrogen-bond donors (Lipinski definition) is 0. The molecule has 3 nitrogen and oxygen atoms in total. The van der Waals surface area contributed by atoms with Gasteiger partial charge in [0.15, 0.2) is 11.6 Å². The van der Waals surface area contributed by atoms with Crippen LogP contribution in [0.25, 0.3) is 16.3 Å². The van der Waals surface area contributed by atoms with E-state index < -0.39 is 5.41 Å². The average molecular weight is 342 g/mol. The van der Waals surface area contributed by atoms with Gasteiger partial charge < -0.3 is 4.74 Å². The fourth-order valence-corrected chi connectivity index (χ4v) is 3.48. The van der Waals surface area contributed by atoms with Crippen molar-refractivity contribution in [1.82, 2.24) is 0 Å². The van der Waals surface area contributed by atoms with E-state index in [1.807, 2.05) is 54.6 Å². The summed E-state index contributed by atoms with van der Waals surface area (Å²) in [6, 6.07) is 20.9. The Morgan fingerprint density at radius 3 is 2.23 bits per heavy atom. The highest BCUT2D eigenvalue weighted by atomic mass is 16.5. The summed E-state index contributed by atoms with van der Waals surface area (Å²) in [7, 11) is 1.59. The van der Waals surface area contributed by atoms with Crippen LogP contribution in [0.15, 0.2) is 72.8 Å². The number of allylic oxidation sites excluding steroid dienone is 2. The Kier molecular flexibility index (Phi) is 3.73. The molecule has 0 N–H and O–H groups in total. The summed E-state index contributed by atoms with van der Waals surface area (Å²) in [4.78, 5) is 26.0. The molecule has 3 heteroatoms. The van der Waals surface area contributed by atoms with Gasteiger partial charge in [-0.2, -0.15) is 0 Å². The molecular formula is C23H18O3. The molecule has 0 aliphatic heterocycles. The van der Waals surface area contributed by atoms with Crippen LogP contribution in [0.2, 0.25) is 0 Å². The van der Waals surface area contributed by atoms with Crippen molar-refractivity contribution >= 4 is 27.9 Å². The lowest BCUT2D eigenvalue weighted by Gasteiger charge is -2.22. The molecule has 3 aromatic rings. The van der Waals surface area contributed by atoms with E-state index in [0.717, 1.165) is 21.9 Å². The number of hydrogen-bond acceptors (Lipinski definition) is 3. The highest BCUT2D eigenvalue weighted by molar-refractivity contribution is 6.42. The summed E-state index contributed by atoms with van der Waals surface area (Å²) in [6.45, 7) is 1.72. The molecule has 0 radical (unpaired) electrons. The van der Waals surface area contributed by atoms with Crippen LogP contribution in [0.3, 0.4) is 0 Å². The Balaban J connectivity index is 1.76. The lowest BCUT2D eigenvalue weighted by atomic mass is 9.76. The van der Waals surface area contributed by atoms with Gasteiger partial charge in [0.2, 0.25) is 0 Å². The molecule has 0 aromatic heterocycles. The van der Waals surface area contributed by atoms with Crippen molar-refractivity contribution < 1.29 is 14.3 Å². The molecule has 4 rings (SSSR count). The molecule has 0 heterocycles. The van der Waals surface area contributed by atoms with Crippen LogP contribution in [0, 0.1) is 0 Å². The average Bonchev–Trinajstić information content (AvgIpc) is 2.92. The Hall–Kier alpha value is -3.20. The minimum atomic E-state index is -1.18. The van der Waals surface area contributed by atoms with Gasteiger partial charge >= 0.3 is 0 Å². The Morgan fingerprint density at radius 2 is 1.54 bits per heavy atom. The zero-order valence-corrected chi connectivity index (χ0v) is 14.7. The molecule has 0 bridgehead atoms. The highest BCUT2D eigenvalue weighted by Crippen LogP contribution is 2.39. The van der Waals surface area contributed by atoms with Gasteiger partial charge in [0.05, 0.1) is 7.11 Å².